The molecule has 2 rings (SSSR count). The monoisotopic (exact) mass is 498 g/mol. The van der Waals surface area contributed by atoms with Gasteiger partial charge in [0.2, 0.25) is 0 Å². The molecule has 7 heteroatoms. The lowest BCUT2D eigenvalue weighted by Crippen LogP contribution is -2.37. The number of guanidine groups is 1. The van der Waals surface area contributed by atoms with Crippen molar-refractivity contribution in [3.8, 4) is 0 Å². The number of halogens is 1. The molecule has 1 heterocycles. The summed E-state index contributed by atoms with van der Waals surface area (Å²) in [4.78, 5) is 6.62. The minimum absolute atomic E-state index is 0. The van der Waals surface area contributed by atoms with Gasteiger partial charge in [-0.2, -0.15) is 5.10 Å². The number of rotatable bonds is 9. The van der Waals surface area contributed by atoms with Crippen molar-refractivity contribution in [3.63, 3.8) is 0 Å². The fourth-order valence-corrected chi connectivity index (χ4v) is 3.00. The number of aliphatic imine (C=N–C) groups is 1. The second kappa shape index (κ2) is 12.8. The van der Waals surface area contributed by atoms with Gasteiger partial charge in [0, 0.05) is 38.9 Å². The molecule has 6 nitrogen and oxygen atoms in total. The second-order valence-electron chi connectivity index (χ2n) is 7.01. The van der Waals surface area contributed by atoms with Gasteiger partial charge in [0.1, 0.15) is 0 Å². The van der Waals surface area contributed by atoms with E-state index in [2.05, 4.69) is 81.5 Å². The number of hydrogen-bond acceptors (Lipinski definition) is 3. The Hall–Kier alpha value is -1.61. The summed E-state index contributed by atoms with van der Waals surface area (Å²) >= 11 is 0. The topological polar surface area (TPSA) is 57.5 Å². The Bertz CT molecular complexity index is 740. The minimum Gasteiger partial charge on any atom is -0.356 e. The number of aromatic nitrogens is 2. The fraction of sp³-hybridized carbons (Fsp3) is 0.524. The summed E-state index contributed by atoms with van der Waals surface area (Å²) in [5, 5.41) is 11.3. The third kappa shape index (κ3) is 8.18. The van der Waals surface area contributed by atoms with E-state index < -0.39 is 0 Å². The Morgan fingerprint density at radius 3 is 2.57 bits per heavy atom. The first-order chi connectivity index (χ1) is 13.0. The van der Waals surface area contributed by atoms with Crippen LogP contribution >= 0.6 is 24.0 Å². The van der Waals surface area contributed by atoms with Crippen LogP contribution in [0.25, 0.3) is 0 Å². The molecule has 0 saturated carbocycles. The molecule has 0 fully saturated rings. The molecule has 28 heavy (non-hydrogen) atoms. The number of nitrogens with zero attached hydrogens (tertiary/aromatic N) is 4. The van der Waals surface area contributed by atoms with Gasteiger partial charge in [0.05, 0.1) is 5.69 Å². The zero-order valence-electron chi connectivity index (χ0n) is 17.8. The lowest BCUT2D eigenvalue weighted by molar-refractivity contribution is 0.345. The molecule has 2 aromatic rings. The molecule has 156 valence electrons. The van der Waals surface area contributed by atoms with Crippen molar-refractivity contribution in [1.29, 1.82) is 0 Å². The number of nitrogens with one attached hydrogen (secondary N) is 2. The maximum absolute atomic E-state index is 4.50. The lowest BCUT2D eigenvalue weighted by atomic mass is 10.1. The van der Waals surface area contributed by atoms with Crippen molar-refractivity contribution in [2.24, 2.45) is 4.99 Å². The van der Waals surface area contributed by atoms with E-state index in [1.165, 1.54) is 16.8 Å². The number of aryl methyl sites for hydroxylation is 3. The van der Waals surface area contributed by atoms with Crippen LogP contribution in [0.4, 0.5) is 0 Å². The summed E-state index contributed by atoms with van der Waals surface area (Å²) in [5.74, 6) is 0.833. The standard InChI is InChI=1S/C21H34N6.HI/c1-6-26(5)16-20-10-7-9-19(14-20)15-24-21(22-4)23-11-8-12-27-18(3)13-17(2)25-27;/h7,9-10,13-14H,6,8,11-12,15-16H2,1-5H3,(H2,22,23,24);1H. The molecule has 0 bridgehead atoms. The van der Waals surface area contributed by atoms with Crippen LogP contribution < -0.4 is 10.6 Å². The quantitative estimate of drug-likeness (QED) is 0.241. The van der Waals surface area contributed by atoms with Crippen LogP contribution in [0, 0.1) is 13.8 Å². The van der Waals surface area contributed by atoms with Gasteiger partial charge in [-0.1, -0.05) is 31.2 Å². The van der Waals surface area contributed by atoms with E-state index in [4.69, 9.17) is 0 Å². The Labute approximate surface area is 186 Å². The highest BCUT2D eigenvalue weighted by Crippen LogP contribution is 2.07. The van der Waals surface area contributed by atoms with Crippen molar-refractivity contribution < 1.29 is 0 Å². The smallest absolute Gasteiger partial charge is 0.191 e. The lowest BCUT2D eigenvalue weighted by Gasteiger charge is -2.15. The summed E-state index contributed by atoms with van der Waals surface area (Å²) < 4.78 is 2.06. The fourth-order valence-electron chi connectivity index (χ4n) is 3.00. The predicted octanol–water partition coefficient (Wildman–Crippen LogP) is 3.32. The largest absolute Gasteiger partial charge is 0.356 e. The SMILES string of the molecule is CCN(C)Cc1cccc(CNC(=NC)NCCCn2nc(C)cc2C)c1.I. The maximum atomic E-state index is 4.50. The van der Waals surface area contributed by atoms with Crippen molar-refractivity contribution in [3.05, 3.63) is 52.8 Å². The first kappa shape index (κ1) is 24.4. The van der Waals surface area contributed by atoms with Gasteiger partial charge in [-0.25, -0.2) is 0 Å². The molecule has 1 aromatic carbocycles. The molecule has 0 saturated heterocycles. The van der Waals surface area contributed by atoms with Gasteiger partial charge < -0.3 is 15.5 Å². The van der Waals surface area contributed by atoms with Crippen LogP contribution in [-0.2, 0) is 19.6 Å². The van der Waals surface area contributed by atoms with Crippen LogP contribution in [0.2, 0.25) is 0 Å². The van der Waals surface area contributed by atoms with E-state index in [0.717, 1.165) is 50.8 Å². The molecule has 0 aliphatic rings. The molecule has 0 aliphatic carbocycles. The van der Waals surface area contributed by atoms with Crippen LogP contribution in [0.5, 0.6) is 0 Å². The molecule has 0 aliphatic heterocycles. The van der Waals surface area contributed by atoms with E-state index in [9.17, 15) is 0 Å². The average Bonchev–Trinajstić information content (AvgIpc) is 2.98. The molecule has 0 amide bonds. The highest BCUT2D eigenvalue weighted by molar-refractivity contribution is 14.0. The Morgan fingerprint density at radius 2 is 1.93 bits per heavy atom. The zero-order chi connectivity index (χ0) is 19.6. The molecule has 1 aromatic heterocycles. The summed E-state index contributed by atoms with van der Waals surface area (Å²) in [6.07, 6.45) is 1.00. The highest BCUT2D eigenvalue weighted by Gasteiger charge is 2.03. The van der Waals surface area contributed by atoms with Gasteiger partial charge >= 0.3 is 0 Å². The Kier molecular flexibility index (Phi) is 11.1. The molecule has 0 radical (unpaired) electrons. The average molecular weight is 498 g/mol. The molecule has 0 atom stereocenters. The third-order valence-corrected chi connectivity index (χ3v) is 4.61. The van der Waals surface area contributed by atoms with E-state index in [0.29, 0.717) is 0 Å². The van der Waals surface area contributed by atoms with Crippen molar-refractivity contribution >= 4 is 29.9 Å². The predicted molar refractivity (Wildman–Crippen MR) is 128 cm³/mol. The third-order valence-electron chi connectivity index (χ3n) is 4.61. The van der Waals surface area contributed by atoms with Gasteiger partial charge in [0.15, 0.2) is 5.96 Å². The van der Waals surface area contributed by atoms with Crippen molar-refractivity contribution in [2.45, 2.75) is 46.8 Å². The first-order valence-corrected chi connectivity index (χ1v) is 9.73. The second-order valence-corrected chi connectivity index (χ2v) is 7.01. The van der Waals surface area contributed by atoms with Gasteiger partial charge in [-0.3, -0.25) is 9.67 Å². The van der Waals surface area contributed by atoms with E-state index in [1.54, 1.807) is 0 Å². The normalized spacial score (nSPS) is 11.4. The molecule has 2 N–H and O–H groups in total. The van der Waals surface area contributed by atoms with Crippen LogP contribution in [-0.4, -0.2) is 47.8 Å². The van der Waals surface area contributed by atoms with Gasteiger partial charge in [0.25, 0.3) is 0 Å². The van der Waals surface area contributed by atoms with Gasteiger partial charge in [-0.15, -0.1) is 24.0 Å². The van der Waals surface area contributed by atoms with Crippen LogP contribution in [0.1, 0.15) is 35.9 Å². The summed E-state index contributed by atoms with van der Waals surface area (Å²) in [6, 6.07) is 10.8. The van der Waals surface area contributed by atoms with E-state index >= 15 is 0 Å². The molecule has 0 unspecified atom stereocenters. The van der Waals surface area contributed by atoms with Gasteiger partial charge in [-0.05, 0) is 51.1 Å². The summed E-state index contributed by atoms with van der Waals surface area (Å²) in [7, 11) is 3.95. The maximum Gasteiger partial charge on any atom is 0.191 e. The summed E-state index contributed by atoms with van der Waals surface area (Å²) in [5.41, 5.74) is 4.89. The number of hydrogen-bond donors (Lipinski definition) is 2. The van der Waals surface area contributed by atoms with Crippen LogP contribution in [0.15, 0.2) is 35.3 Å². The Balaban J connectivity index is 0.00000392. The Morgan fingerprint density at radius 1 is 1.18 bits per heavy atom. The first-order valence-electron chi connectivity index (χ1n) is 9.73. The molecule has 0 spiro atoms. The zero-order valence-corrected chi connectivity index (χ0v) is 20.2. The van der Waals surface area contributed by atoms with Crippen molar-refractivity contribution in [2.75, 3.05) is 27.2 Å². The number of benzene rings is 1. The van der Waals surface area contributed by atoms with Crippen LogP contribution in [0.3, 0.4) is 0 Å². The molecular formula is C21H35IN6. The van der Waals surface area contributed by atoms with E-state index in [-0.39, 0.29) is 24.0 Å². The van der Waals surface area contributed by atoms with E-state index in [1.807, 2.05) is 14.0 Å². The minimum atomic E-state index is 0. The highest BCUT2D eigenvalue weighted by atomic mass is 127. The summed E-state index contributed by atoms with van der Waals surface area (Å²) in [6.45, 7) is 10.9. The van der Waals surface area contributed by atoms with Crippen molar-refractivity contribution in [1.82, 2.24) is 25.3 Å². The molecular weight excluding hydrogens is 463 g/mol.